The van der Waals surface area contributed by atoms with Gasteiger partial charge in [0.15, 0.2) is 0 Å². The number of rotatable bonds is 1. The average Bonchev–Trinajstić information content (AvgIpc) is 2.23. The van der Waals surface area contributed by atoms with Crippen LogP contribution in [-0.4, -0.2) is 13.1 Å². The molecule has 15 heavy (non-hydrogen) atoms. The predicted octanol–water partition coefficient (Wildman–Crippen LogP) is 2.62. The molecule has 0 unspecified atom stereocenters. The molecular weight excluding hydrogens is 188 g/mol. The lowest BCUT2D eigenvalue weighted by Gasteiger charge is -2.58. The van der Waals surface area contributed by atoms with Gasteiger partial charge in [0.05, 0.1) is 12.5 Å². The van der Waals surface area contributed by atoms with Gasteiger partial charge in [-0.3, -0.25) is 4.79 Å². The Bertz CT molecular complexity index is 267. The van der Waals surface area contributed by atoms with Crippen molar-refractivity contribution in [3.8, 4) is 0 Å². The van der Waals surface area contributed by atoms with Crippen molar-refractivity contribution in [2.45, 2.75) is 39.0 Å². The van der Waals surface area contributed by atoms with E-state index in [9.17, 15) is 4.79 Å². The summed E-state index contributed by atoms with van der Waals surface area (Å²) in [5.74, 6) is 3.12. The Morgan fingerprint density at radius 1 is 1.07 bits per heavy atom. The number of hydrogen-bond donors (Lipinski definition) is 0. The van der Waals surface area contributed by atoms with Crippen molar-refractivity contribution in [3.63, 3.8) is 0 Å². The van der Waals surface area contributed by atoms with Crippen LogP contribution < -0.4 is 0 Å². The fraction of sp³-hybridized carbons (Fsp3) is 0.923. The SMILES string of the molecule is COC(=O)C1(C)C2CC3CC(C2)CC1C3. The first-order valence-electron chi connectivity index (χ1n) is 6.23. The summed E-state index contributed by atoms with van der Waals surface area (Å²) < 4.78 is 5.04. The van der Waals surface area contributed by atoms with E-state index in [2.05, 4.69) is 6.92 Å². The zero-order valence-corrected chi connectivity index (χ0v) is 9.66. The van der Waals surface area contributed by atoms with E-state index in [0.29, 0.717) is 11.8 Å². The Hall–Kier alpha value is -0.530. The molecule has 0 amide bonds. The van der Waals surface area contributed by atoms with Crippen LogP contribution in [0.3, 0.4) is 0 Å². The molecule has 0 aromatic heterocycles. The largest absolute Gasteiger partial charge is 0.469 e. The van der Waals surface area contributed by atoms with Gasteiger partial charge in [-0.1, -0.05) is 0 Å². The first-order chi connectivity index (χ1) is 7.14. The molecule has 0 aliphatic heterocycles. The molecule has 0 aromatic carbocycles. The molecule has 0 N–H and O–H groups in total. The van der Waals surface area contributed by atoms with E-state index in [4.69, 9.17) is 4.74 Å². The number of carbonyl (C=O) groups excluding carboxylic acids is 1. The van der Waals surface area contributed by atoms with Gasteiger partial charge in [-0.15, -0.1) is 0 Å². The molecule has 4 aliphatic carbocycles. The molecule has 4 aliphatic rings. The molecule has 0 heterocycles. The summed E-state index contributed by atoms with van der Waals surface area (Å²) in [6, 6.07) is 0. The Balaban J connectivity index is 1.94. The lowest BCUT2D eigenvalue weighted by atomic mass is 9.46. The van der Waals surface area contributed by atoms with E-state index < -0.39 is 0 Å². The summed E-state index contributed by atoms with van der Waals surface area (Å²) in [6.45, 7) is 2.16. The monoisotopic (exact) mass is 208 g/mol. The molecule has 2 nitrogen and oxygen atoms in total. The minimum absolute atomic E-state index is 0.0521. The van der Waals surface area contributed by atoms with Gasteiger partial charge in [-0.2, -0.15) is 0 Å². The van der Waals surface area contributed by atoms with Crippen LogP contribution in [-0.2, 0) is 9.53 Å². The van der Waals surface area contributed by atoms with Crippen LogP contribution in [0.2, 0.25) is 0 Å². The third-order valence-corrected chi connectivity index (χ3v) is 5.46. The summed E-state index contributed by atoms with van der Waals surface area (Å²) in [4.78, 5) is 12.0. The fourth-order valence-electron chi connectivity index (χ4n) is 4.72. The summed E-state index contributed by atoms with van der Waals surface area (Å²) in [5.41, 5.74) is -0.151. The quantitative estimate of drug-likeness (QED) is 0.619. The molecule has 0 atom stereocenters. The Morgan fingerprint density at radius 3 is 1.93 bits per heavy atom. The van der Waals surface area contributed by atoms with Gasteiger partial charge in [-0.05, 0) is 62.7 Å². The maximum absolute atomic E-state index is 12.0. The Labute approximate surface area is 91.4 Å². The number of hydrogen-bond acceptors (Lipinski definition) is 2. The summed E-state index contributed by atoms with van der Waals surface area (Å²) in [6.07, 6.45) is 6.54. The highest BCUT2D eigenvalue weighted by Crippen LogP contribution is 2.62. The van der Waals surface area contributed by atoms with Crippen LogP contribution in [0.4, 0.5) is 0 Å². The second-order valence-corrected chi connectivity index (χ2v) is 6.08. The molecule has 4 rings (SSSR count). The number of carbonyl (C=O) groups is 1. The van der Waals surface area contributed by atoms with E-state index >= 15 is 0 Å². The average molecular weight is 208 g/mol. The minimum atomic E-state index is -0.151. The Kier molecular flexibility index (Phi) is 1.93. The molecule has 0 spiro atoms. The van der Waals surface area contributed by atoms with Crippen LogP contribution in [0.25, 0.3) is 0 Å². The highest BCUT2D eigenvalue weighted by Gasteiger charge is 2.58. The van der Waals surface area contributed by atoms with Crippen molar-refractivity contribution in [2.24, 2.45) is 29.1 Å². The highest BCUT2D eigenvalue weighted by atomic mass is 16.5. The van der Waals surface area contributed by atoms with Crippen LogP contribution in [0.1, 0.15) is 39.0 Å². The van der Waals surface area contributed by atoms with E-state index in [-0.39, 0.29) is 11.4 Å². The second-order valence-electron chi connectivity index (χ2n) is 6.08. The first-order valence-corrected chi connectivity index (χ1v) is 6.23. The van der Waals surface area contributed by atoms with Gasteiger partial charge in [-0.25, -0.2) is 0 Å². The van der Waals surface area contributed by atoms with Crippen molar-refractivity contribution < 1.29 is 9.53 Å². The zero-order chi connectivity index (χ0) is 10.6. The number of ether oxygens (including phenoxy) is 1. The number of methoxy groups -OCH3 is 1. The maximum atomic E-state index is 12.0. The minimum Gasteiger partial charge on any atom is -0.469 e. The van der Waals surface area contributed by atoms with Crippen LogP contribution in [0, 0.1) is 29.1 Å². The van der Waals surface area contributed by atoms with Crippen LogP contribution in [0.5, 0.6) is 0 Å². The topological polar surface area (TPSA) is 26.3 Å². The van der Waals surface area contributed by atoms with Crippen molar-refractivity contribution in [1.82, 2.24) is 0 Å². The van der Waals surface area contributed by atoms with Gasteiger partial charge in [0, 0.05) is 0 Å². The normalized spacial score (nSPS) is 51.9. The zero-order valence-electron chi connectivity index (χ0n) is 9.66. The molecule has 0 aromatic rings. The summed E-state index contributed by atoms with van der Waals surface area (Å²) >= 11 is 0. The molecule has 4 fully saturated rings. The standard InChI is InChI=1S/C13H20O2/c1-13(12(14)15-2)10-4-8-3-9(6-10)7-11(13)5-8/h8-11H,3-7H2,1-2H3. The molecule has 2 heteroatoms. The van der Waals surface area contributed by atoms with Gasteiger partial charge >= 0.3 is 5.97 Å². The van der Waals surface area contributed by atoms with Crippen LogP contribution >= 0.6 is 0 Å². The number of esters is 1. The molecule has 4 saturated carbocycles. The molecular formula is C13H20O2. The van der Waals surface area contributed by atoms with Crippen molar-refractivity contribution >= 4 is 5.97 Å². The van der Waals surface area contributed by atoms with E-state index in [1.165, 1.54) is 32.1 Å². The highest BCUT2D eigenvalue weighted by molar-refractivity contribution is 5.77. The molecule has 0 radical (unpaired) electrons. The smallest absolute Gasteiger partial charge is 0.312 e. The second kappa shape index (κ2) is 2.99. The molecule has 0 saturated heterocycles. The van der Waals surface area contributed by atoms with Crippen molar-refractivity contribution in [2.75, 3.05) is 7.11 Å². The lowest BCUT2D eigenvalue weighted by molar-refractivity contribution is -0.177. The van der Waals surface area contributed by atoms with Crippen molar-refractivity contribution in [1.29, 1.82) is 0 Å². The van der Waals surface area contributed by atoms with Gasteiger partial charge in [0.1, 0.15) is 0 Å². The third kappa shape index (κ3) is 1.14. The molecule has 84 valence electrons. The van der Waals surface area contributed by atoms with Gasteiger partial charge in [0.2, 0.25) is 0 Å². The van der Waals surface area contributed by atoms with Crippen molar-refractivity contribution in [3.05, 3.63) is 0 Å². The Morgan fingerprint density at radius 2 is 1.53 bits per heavy atom. The van der Waals surface area contributed by atoms with Gasteiger partial charge < -0.3 is 4.74 Å². The van der Waals surface area contributed by atoms with E-state index in [1.807, 2.05) is 0 Å². The fourth-order valence-corrected chi connectivity index (χ4v) is 4.72. The first kappa shape index (κ1) is 9.68. The predicted molar refractivity (Wildman–Crippen MR) is 57.2 cm³/mol. The maximum Gasteiger partial charge on any atom is 0.312 e. The van der Waals surface area contributed by atoms with E-state index in [0.717, 1.165) is 11.8 Å². The summed E-state index contributed by atoms with van der Waals surface area (Å²) in [7, 11) is 1.54. The summed E-state index contributed by atoms with van der Waals surface area (Å²) in [5, 5.41) is 0. The lowest BCUT2D eigenvalue weighted by Crippen LogP contribution is -2.55. The molecule has 4 bridgehead atoms. The van der Waals surface area contributed by atoms with Gasteiger partial charge in [0.25, 0.3) is 0 Å². The third-order valence-electron chi connectivity index (χ3n) is 5.46. The van der Waals surface area contributed by atoms with Crippen LogP contribution in [0.15, 0.2) is 0 Å². The van der Waals surface area contributed by atoms with E-state index in [1.54, 1.807) is 7.11 Å².